The summed E-state index contributed by atoms with van der Waals surface area (Å²) in [6.45, 7) is 1.55. The summed E-state index contributed by atoms with van der Waals surface area (Å²) in [4.78, 5) is 2.00. The Kier molecular flexibility index (Phi) is 7.04. The highest BCUT2D eigenvalue weighted by Gasteiger charge is 2.15. The zero-order valence-corrected chi connectivity index (χ0v) is 9.47. The molecule has 0 aliphatic rings. The van der Waals surface area contributed by atoms with Crippen molar-refractivity contribution in [2.45, 2.75) is 6.10 Å². The second-order valence-corrected chi connectivity index (χ2v) is 4.39. The first-order valence-corrected chi connectivity index (χ1v) is 3.94. The van der Waals surface area contributed by atoms with Crippen LogP contribution in [0, 0.1) is 0 Å². The number of hydrogen-bond acceptors (Lipinski definition) is 2. The molecule has 0 bridgehead atoms. The van der Waals surface area contributed by atoms with Crippen LogP contribution in [0.3, 0.4) is 0 Å². The molecule has 0 aromatic carbocycles. The normalized spacial score (nSPS) is 14.2. The average molecular weight is 197 g/mol. The van der Waals surface area contributed by atoms with Gasteiger partial charge in [0.1, 0.15) is 12.6 Å². The number of aliphatic hydroxyl groups is 1. The largest absolute Gasteiger partial charge is 1.00 e. The number of likely N-dealkylation sites (N-methyl/N-ethyl adjacent to an activating group) is 2. The molecule has 0 radical (unpaired) electrons. The summed E-state index contributed by atoms with van der Waals surface area (Å²) in [6, 6.07) is 0. The Morgan fingerprint density at radius 1 is 1.25 bits per heavy atom. The van der Waals surface area contributed by atoms with Crippen molar-refractivity contribution in [3.63, 3.8) is 0 Å². The molecule has 0 heterocycles. The molecular weight excluding hydrogens is 176 g/mol. The fraction of sp³-hybridized carbons (Fsp3) is 1.00. The van der Waals surface area contributed by atoms with Crippen LogP contribution in [0.4, 0.5) is 0 Å². The van der Waals surface area contributed by atoms with Crippen molar-refractivity contribution in [1.82, 2.24) is 4.90 Å². The minimum absolute atomic E-state index is 0. The van der Waals surface area contributed by atoms with Gasteiger partial charge in [-0.15, -0.1) is 0 Å². The van der Waals surface area contributed by atoms with Crippen LogP contribution in [0.2, 0.25) is 0 Å². The van der Waals surface area contributed by atoms with Gasteiger partial charge in [-0.05, 0) is 14.1 Å². The van der Waals surface area contributed by atoms with Crippen molar-refractivity contribution in [1.29, 1.82) is 0 Å². The Bertz CT molecular complexity index is 112. The molecule has 0 aromatic rings. The van der Waals surface area contributed by atoms with Crippen molar-refractivity contribution in [3.8, 4) is 0 Å². The highest BCUT2D eigenvalue weighted by atomic mass is 35.5. The van der Waals surface area contributed by atoms with Gasteiger partial charge in [0.25, 0.3) is 0 Å². The SMILES string of the molecule is CN(C)CC(O)C[N+](C)(C)C.[Cl-]. The van der Waals surface area contributed by atoms with Gasteiger partial charge in [-0.1, -0.05) is 0 Å². The molecule has 1 unspecified atom stereocenters. The molecule has 0 aliphatic carbocycles. The minimum Gasteiger partial charge on any atom is -1.00 e. The van der Waals surface area contributed by atoms with Gasteiger partial charge in [-0.2, -0.15) is 0 Å². The molecule has 1 atom stereocenters. The summed E-state index contributed by atoms with van der Waals surface area (Å²) in [5.74, 6) is 0. The first-order chi connectivity index (χ1) is 4.81. The lowest BCUT2D eigenvalue weighted by Gasteiger charge is -2.27. The second-order valence-electron chi connectivity index (χ2n) is 4.39. The third-order valence-corrected chi connectivity index (χ3v) is 1.33. The third-order valence-electron chi connectivity index (χ3n) is 1.33. The van der Waals surface area contributed by atoms with Crippen LogP contribution in [0.25, 0.3) is 0 Å². The van der Waals surface area contributed by atoms with Gasteiger partial charge in [-0.25, -0.2) is 0 Å². The first kappa shape index (κ1) is 14.7. The summed E-state index contributed by atoms with van der Waals surface area (Å²) in [6.07, 6.45) is -0.218. The first-order valence-electron chi connectivity index (χ1n) is 3.94. The molecule has 76 valence electrons. The van der Waals surface area contributed by atoms with E-state index in [4.69, 9.17) is 0 Å². The molecule has 0 spiro atoms. The lowest BCUT2D eigenvalue weighted by atomic mass is 10.3. The molecular formula is C8H21ClN2O. The van der Waals surface area contributed by atoms with Crippen molar-refractivity contribution in [2.75, 3.05) is 48.3 Å². The maximum Gasteiger partial charge on any atom is 0.115 e. The Morgan fingerprint density at radius 3 is 1.92 bits per heavy atom. The van der Waals surface area contributed by atoms with Gasteiger partial charge in [-0.3, -0.25) is 0 Å². The van der Waals surface area contributed by atoms with Gasteiger partial charge in [0.15, 0.2) is 0 Å². The number of nitrogens with zero attached hydrogens (tertiary/aromatic N) is 2. The highest BCUT2D eigenvalue weighted by molar-refractivity contribution is 4.56. The van der Waals surface area contributed by atoms with Gasteiger partial charge >= 0.3 is 0 Å². The van der Waals surface area contributed by atoms with E-state index < -0.39 is 0 Å². The van der Waals surface area contributed by atoms with Crippen molar-refractivity contribution in [3.05, 3.63) is 0 Å². The molecule has 0 aliphatic heterocycles. The van der Waals surface area contributed by atoms with Gasteiger partial charge < -0.3 is 26.9 Å². The maximum absolute atomic E-state index is 9.50. The van der Waals surface area contributed by atoms with Gasteiger partial charge in [0.2, 0.25) is 0 Å². The summed E-state index contributed by atoms with van der Waals surface area (Å²) in [5, 5.41) is 9.50. The van der Waals surface area contributed by atoms with Crippen LogP contribution in [0.5, 0.6) is 0 Å². The molecule has 0 amide bonds. The fourth-order valence-corrected chi connectivity index (χ4v) is 1.11. The smallest absolute Gasteiger partial charge is 0.115 e. The molecule has 12 heavy (non-hydrogen) atoms. The monoisotopic (exact) mass is 196 g/mol. The van der Waals surface area contributed by atoms with E-state index in [2.05, 4.69) is 21.1 Å². The number of aliphatic hydroxyl groups excluding tert-OH is 1. The van der Waals surface area contributed by atoms with Crippen LogP contribution < -0.4 is 12.4 Å². The summed E-state index contributed by atoms with van der Waals surface area (Å²) in [5.41, 5.74) is 0. The standard InChI is InChI=1S/C8H21N2O.ClH/c1-9(2)6-8(11)7-10(3,4)5;/h8,11H,6-7H2,1-5H3;1H/q+1;/p-1. The Hall–Kier alpha value is 0.170. The number of quaternary nitrogens is 1. The molecule has 3 nitrogen and oxygen atoms in total. The van der Waals surface area contributed by atoms with Crippen LogP contribution >= 0.6 is 0 Å². The van der Waals surface area contributed by atoms with E-state index in [1.165, 1.54) is 0 Å². The molecule has 4 heteroatoms. The quantitative estimate of drug-likeness (QED) is 0.475. The van der Waals surface area contributed by atoms with Gasteiger partial charge in [0.05, 0.1) is 21.1 Å². The van der Waals surface area contributed by atoms with Crippen molar-refractivity contribution < 1.29 is 22.0 Å². The topological polar surface area (TPSA) is 23.5 Å². The van der Waals surface area contributed by atoms with E-state index in [0.29, 0.717) is 0 Å². The molecule has 1 N–H and O–H groups in total. The van der Waals surface area contributed by atoms with Crippen molar-refractivity contribution in [2.24, 2.45) is 0 Å². The van der Waals surface area contributed by atoms with Gasteiger partial charge in [0, 0.05) is 6.54 Å². The van der Waals surface area contributed by atoms with E-state index in [0.717, 1.165) is 17.6 Å². The molecule has 0 fully saturated rings. The Labute approximate surface area is 82.0 Å². The molecule has 0 rings (SSSR count). The number of hydrogen-bond donors (Lipinski definition) is 1. The third kappa shape index (κ3) is 10.2. The Balaban J connectivity index is 0. The van der Waals surface area contributed by atoms with Crippen LogP contribution in [-0.2, 0) is 0 Å². The predicted molar refractivity (Wildman–Crippen MR) is 47.5 cm³/mol. The zero-order chi connectivity index (χ0) is 9.07. The summed E-state index contributed by atoms with van der Waals surface area (Å²) >= 11 is 0. The minimum atomic E-state index is -0.218. The number of rotatable bonds is 4. The zero-order valence-electron chi connectivity index (χ0n) is 8.71. The van der Waals surface area contributed by atoms with E-state index in [-0.39, 0.29) is 18.5 Å². The fourth-order valence-electron chi connectivity index (χ4n) is 1.11. The highest BCUT2D eigenvalue weighted by Crippen LogP contribution is 1.95. The summed E-state index contributed by atoms with van der Waals surface area (Å²) in [7, 11) is 10.2. The lowest BCUT2D eigenvalue weighted by molar-refractivity contribution is -0.873. The second kappa shape index (κ2) is 5.75. The predicted octanol–water partition coefficient (Wildman–Crippen LogP) is -3.38. The maximum atomic E-state index is 9.50. The van der Waals surface area contributed by atoms with E-state index in [9.17, 15) is 5.11 Å². The van der Waals surface area contributed by atoms with E-state index in [1.807, 2.05) is 19.0 Å². The summed E-state index contributed by atoms with van der Waals surface area (Å²) < 4.78 is 0.814. The molecule has 0 aromatic heterocycles. The average Bonchev–Trinajstić information content (AvgIpc) is 1.53. The van der Waals surface area contributed by atoms with Crippen LogP contribution in [0.1, 0.15) is 0 Å². The molecule has 0 saturated heterocycles. The Morgan fingerprint density at radius 2 is 1.67 bits per heavy atom. The van der Waals surface area contributed by atoms with E-state index in [1.54, 1.807) is 0 Å². The van der Waals surface area contributed by atoms with E-state index >= 15 is 0 Å². The molecule has 0 saturated carbocycles. The van der Waals surface area contributed by atoms with Crippen molar-refractivity contribution >= 4 is 0 Å². The van der Waals surface area contributed by atoms with Crippen LogP contribution in [-0.4, -0.2) is 68.9 Å². The lowest BCUT2D eigenvalue weighted by Crippen LogP contribution is -3.00. The van der Waals surface area contributed by atoms with Crippen LogP contribution in [0.15, 0.2) is 0 Å². The number of halogens is 1.